The Balaban J connectivity index is 1.14. The molecule has 10 nitrogen and oxygen atoms in total. The summed E-state index contributed by atoms with van der Waals surface area (Å²) in [7, 11) is 0. The maximum atomic E-state index is 15.0. The van der Waals surface area contributed by atoms with E-state index in [1.165, 1.54) is 18.5 Å². The number of anilines is 2. The average molecular weight is 556 g/mol. The molecule has 1 atom stereocenters. The second-order valence-electron chi connectivity index (χ2n) is 11.6. The van der Waals surface area contributed by atoms with Crippen LogP contribution >= 0.6 is 0 Å². The largest absolute Gasteiger partial charge is 0.487 e. The summed E-state index contributed by atoms with van der Waals surface area (Å²) in [5.41, 5.74) is -0.274. The lowest BCUT2D eigenvalue weighted by Crippen LogP contribution is -2.42. The number of amides is 1. The maximum absolute atomic E-state index is 15.0. The fourth-order valence-corrected chi connectivity index (χ4v) is 5.33. The highest BCUT2D eigenvalue weighted by Gasteiger charge is 2.52. The molecule has 0 unspecified atom stereocenters. The van der Waals surface area contributed by atoms with Crippen LogP contribution in [0.15, 0.2) is 30.6 Å². The van der Waals surface area contributed by atoms with Crippen LogP contribution in [0.25, 0.3) is 11.0 Å². The SMILES string of the molecule is CC(C)(C)OC(=O)N1CC[C@H](Oc2ccc3ncnc(Nc4ccc(OCC56CC(CO5)C6)c(F)c4F)c3n2)C1. The molecule has 3 saturated heterocycles. The Kier molecular flexibility index (Phi) is 6.60. The molecule has 5 heterocycles. The number of nitrogens with zero attached hydrogens (tertiary/aromatic N) is 4. The van der Waals surface area contributed by atoms with Crippen LogP contribution in [0.5, 0.6) is 11.6 Å². The summed E-state index contributed by atoms with van der Waals surface area (Å²) in [6, 6.07) is 6.14. The first kappa shape index (κ1) is 26.4. The number of pyridine rings is 1. The van der Waals surface area contributed by atoms with Gasteiger partial charge in [-0.25, -0.2) is 24.1 Å². The van der Waals surface area contributed by atoms with E-state index in [1.807, 2.05) is 20.8 Å². The van der Waals surface area contributed by atoms with E-state index in [4.69, 9.17) is 18.9 Å². The molecule has 2 aromatic heterocycles. The highest BCUT2D eigenvalue weighted by atomic mass is 19.2. The van der Waals surface area contributed by atoms with Crippen LogP contribution in [0.1, 0.15) is 40.0 Å². The van der Waals surface area contributed by atoms with Gasteiger partial charge in [0.2, 0.25) is 11.7 Å². The lowest BCUT2D eigenvalue weighted by Gasteiger charge is -2.35. The van der Waals surface area contributed by atoms with Gasteiger partial charge in [-0.15, -0.1) is 0 Å². The van der Waals surface area contributed by atoms with Crippen molar-refractivity contribution in [3.8, 4) is 11.6 Å². The van der Waals surface area contributed by atoms with Gasteiger partial charge in [0.1, 0.15) is 35.8 Å². The number of fused-ring (bicyclic) bond motifs is 2. The minimum atomic E-state index is -1.10. The molecule has 0 radical (unpaired) electrons. The molecule has 0 spiro atoms. The lowest BCUT2D eigenvalue weighted by atomic mass is 9.75. The number of likely N-dealkylation sites (tertiary alicyclic amines) is 1. The summed E-state index contributed by atoms with van der Waals surface area (Å²) in [6.07, 6.45) is 3.03. The Hall–Kier alpha value is -3.80. The fraction of sp³-hybridized carbons (Fsp3) is 0.500. The third-order valence-electron chi connectivity index (χ3n) is 7.28. The van der Waals surface area contributed by atoms with E-state index in [2.05, 4.69) is 20.3 Å². The molecule has 2 bridgehead atoms. The van der Waals surface area contributed by atoms with Crippen molar-refractivity contribution in [3.05, 3.63) is 42.2 Å². The molecule has 3 aliphatic heterocycles. The third kappa shape index (κ3) is 5.32. The molecular formula is C28H31F2N5O5. The molecule has 12 heteroatoms. The Bertz CT molecular complexity index is 1440. The normalized spacial score (nSPS) is 23.7. The first-order valence-corrected chi connectivity index (χ1v) is 13.4. The number of carbonyl (C=O) groups excluding carboxylic acids is 1. The summed E-state index contributed by atoms with van der Waals surface area (Å²) in [5.74, 6) is -1.34. The van der Waals surface area contributed by atoms with Crippen molar-refractivity contribution < 1.29 is 32.5 Å². The van der Waals surface area contributed by atoms with E-state index in [0.29, 0.717) is 48.9 Å². The van der Waals surface area contributed by atoms with Crippen LogP contribution in [0, 0.1) is 17.6 Å². The van der Waals surface area contributed by atoms with Crippen LogP contribution in [0.3, 0.4) is 0 Å². The van der Waals surface area contributed by atoms with Crippen molar-refractivity contribution in [2.75, 3.05) is 31.6 Å². The van der Waals surface area contributed by atoms with Gasteiger partial charge in [-0.1, -0.05) is 0 Å². The van der Waals surface area contributed by atoms with Crippen LogP contribution in [-0.4, -0.2) is 69.6 Å². The molecule has 7 rings (SSSR count). The zero-order chi connectivity index (χ0) is 28.1. The number of benzene rings is 1. The number of hydrogen-bond donors (Lipinski definition) is 1. The standard InChI is InChI=1S/C28H31F2N5O5/c1-27(2,3)40-26(36)35-9-8-17(12-35)39-21-7-5-19-24(34-21)25(32-15-31-19)33-18-4-6-20(23(30)22(18)29)37-14-28-10-16(11-28)13-38-28/h4-7,15-17H,8-14H2,1-3H3,(H,31,32,33)/t16?,17-,28?/m0/s1. The quantitative estimate of drug-likeness (QED) is 0.431. The maximum Gasteiger partial charge on any atom is 0.410 e. The molecular weight excluding hydrogens is 524 g/mol. The number of aromatic nitrogens is 3. The summed E-state index contributed by atoms with van der Waals surface area (Å²) in [5, 5.41) is 2.83. The van der Waals surface area contributed by atoms with E-state index in [-0.39, 0.29) is 41.7 Å². The number of nitrogens with one attached hydrogen (secondary N) is 1. The van der Waals surface area contributed by atoms with Crippen molar-refractivity contribution in [3.63, 3.8) is 0 Å². The van der Waals surface area contributed by atoms with Crippen LogP contribution in [-0.2, 0) is 9.47 Å². The van der Waals surface area contributed by atoms with Crippen molar-refractivity contribution in [2.24, 2.45) is 5.92 Å². The molecule has 1 aromatic carbocycles. The number of rotatable bonds is 7. The summed E-state index contributed by atoms with van der Waals surface area (Å²) < 4.78 is 52.7. The van der Waals surface area contributed by atoms with Gasteiger partial charge in [0.15, 0.2) is 17.4 Å². The van der Waals surface area contributed by atoms with Gasteiger partial charge in [0, 0.05) is 19.0 Å². The number of carbonyl (C=O) groups is 1. The summed E-state index contributed by atoms with van der Waals surface area (Å²) in [6.45, 7) is 7.20. The molecule has 4 aliphatic rings. The highest BCUT2D eigenvalue weighted by Crippen LogP contribution is 2.48. The third-order valence-corrected chi connectivity index (χ3v) is 7.28. The van der Waals surface area contributed by atoms with E-state index >= 15 is 4.39 Å². The molecule has 1 N–H and O–H groups in total. The second kappa shape index (κ2) is 9.99. The van der Waals surface area contributed by atoms with Crippen molar-refractivity contribution in [1.82, 2.24) is 19.9 Å². The van der Waals surface area contributed by atoms with Crippen LogP contribution < -0.4 is 14.8 Å². The topological polar surface area (TPSA) is 108 Å². The predicted molar refractivity (Wildman–Crippen MR) is 141 cm³/mol. The van der Waals surface area contributed by atoms with Gasteiger partial charge < -0.3 is 29.2 Å². The molecule has 1 saturated carbocycles. The molecule has 212 valence electrons. The van der Waals surface area contributed by atoms with E-state index in [1.54, 1.807) is 17.0 Å². The minimum absolute atomic E-state index is 0.124. The van der Waals surface area contributed by atoms with Gasteiger partial charge in [-0.3, -0.25) is 0 Å². The van der Waals surface area contributed by atoms with Gasteiger partial charge in [-0.05, 0) is 57.7 Å². The monoisotopic (exact) mass is 555 g/mol. The minimum Gasteiger partial charge on any atom is -0.487 e. The van der Waals surface area contributed by atoms with Gasteiger partial charge in [0.25, 0.3) is 0 Å². The number of ether oxygens (including phenoxy) is 4. The molecule has 4 fully saturated rings. The molecule has 1 amide bonds. The summed E-state index contributed by atoms with van der Waals surface area (Å²) >= 11 is 0. The van der Waals surface area contributed by atoms with Crippen LogP contribution in [0.2, 0.25) is 0 Å². The zero-order valence-electron chi connectivity index (χ0n) is 22.6. The first-order valence-electron chi connectivity index (χ1n) is 13.4. The zero-order valence-corrected chi connectivity index (χ0v) is 22.6. The molecule has 40 heavy (non-hydrogen) atoms. The van der Waals surface area contributed by atoms with Crippen molar-refractivity contribution in [1.29, 1.82) is 0 Å². The Labute approximate surface area is 230 Å². The van der Waals surface area contributed by atoms with Gasteiger partial charge in [0.05, 0.1) is 24.4 Å². The fourth-order valence-electron chi connectivity index (χ4n) is 5.33. The Morgan fingerprint density at radius 2 is 2.00 bits per heavy atom. The number of halogens is 2. The van der Waals surface area contributed by atoms with Crippen molar-refractivity contribution in [2.45, 2.75) is 57.3 Å². The van der Waals surface area contributed by atoms with Crippen molar-refractivity contribution >= 4 is 28.6 Å². The average Bonchev–Trinajstić information content (AvgIpc) is 3.62. The lowest BCUT2D eigenvalue weighted by molar-refractivity contribution is -0.0367. The molecule has 3 aromatic rings. The Morgan fingerprint density at radius 1 is 1.18 bits per heavy atom. The van der Waals surface area contributed by atoms with Gasteiger partial charge >= 0.3 is 6.09 Å². The molecule has 1 aliphatic carbocycles. The van der Waals surface area contributed by atoms with E-state index < -0.39 is 17.2 Å². The van der Waals surface area contributed by atoms with Gasteiger partial charge in [-0.2, -0.15) is 4.39 Å². The first-order chi connectivity index (χ1) is 19.1. The second-order valence-corrected chi connectivity index (χ2v) is 11.6. The van der Waals surface area contributed by atoms with E-state index in [0.717, 1.165) is 12.8 Å². The Morgan fingerprint density at radius 3 is 2.75 bits per heavy atom. The predicted octanol–water partition coefficient (Wildman–Crippen LogP) is 4.99. The van der Waals surface area contributed by atoms with E-state index in [9.17, 15) is 9.18 Å². The number of hydrogen-bond acceptors (Lipinski definition) is 9. The smallest absolute Gasteiger partial charge is 0.410 e. The summed E-state index contributed by atoms with van der Waals surface area (Å²) in [4.78, 5) is 26.9. The van der Waals surface area contributed by atoms with Crippen LogP contribution in [0.4, 0.5) is 25.1 Å². The highest BCUT2D eigenvalue weighted by molar-refractivity contribution is 5.87.